The maximum absolute atomic E-state index is 8.37. The quantitative estimate of drug-likeness (QED) is 0.598. The maximum Gasteiger partial charge on any atom is 0.0990 e. The molecule has 0 spiro atoms. The fourth-order valence-corrected chi connectivity index (χ4v) is 3.66. The lowest BCUT2D eigenvalue weighted by molar-refractivity contribution is 0.0194. The lowest BCUT2D eigenvalue weighted by Crippen LogP contribution is -2.45. The lowest BCUT2D eigenvalue weighted by Gasteiger charge is -2.32. The van der Waals surface area contributed by atoms with Gasteiger partial charge in [0.15, 0.2) is 0 Å². The van der Waals surface area contributed by atoms with E-state index in [-0.39, 0.29) is 0 Å². The molecule has 3 fully saturated rings. The molecule has 3 aliphatic rings. The Morgan fingerprint density at radius 3 is 2.44 bits per heavy atom. The van der Waals surface area contributed by atoms with E-state index in [9.17, 15) is 0 Å². The Labute approximate surface area is 110 Å². The van der Waals surface area contributed by atoms with Crippen LogP contribution in [-0.4, -0.2) is 61.1 Å². The van der Waals surface area contributed by atoms with Crippen molar-refractivity contribution in [2.24, 2.45) is 5.92 Å². The van der Waals surface area contributed by atoms with Crippen LogP contribution in [0.4, 0.5) is 0 Å². The van der Waals surface area contributed by atoms with Crippen molar-refractivity contribution in [1.82, 2.24) is 9.80 Å². The van der Waals surface area contributed by atoms with Crippen LogP contribution in [0.25, 0.3) is 0 Å². The summed E-state index contributed by atoms with van der Waals surface area (Å²) in [6.45, 7) is 6.10. The summed E-state index contributed by atoms with van der Waals surface area (Å²) in [5, 5.41) is 8.37. The Morgan fingerprint density at radius 2 is 1.72 bits per heavy atom. The zero-order chi connectivity index (χ0) is 12.4. The van der Waals surface area contributed by atoms with E-state index in [1.54, 1.807) is 0 Å². The summed E-state index contributed by atoms with van der Waals surface area (Å²) >= 11 is 0. The minimum Gasteiger partial charge on any atom is -0.379 e. The molecular formula is C14H25N3O. The van der Waals surface area contributed by atoms with Crippen molar-refractivity contribution < 1.29 is 4.74 Å². The molecule has 0 amide bonds. The fourth-order valence-electron chi connectivity index (χ4n) is 3.66. The summed E-state index contributed by atoms with van der Waals surface area (Å²) in [5.41, 5.74) is 0. The van der Waals surface area contributed by atoms with Gasteiger partial charge in [-0.1, -0.05) is 12.8 Å². The zero-order valence-corrected chi connectivity index (χ0v) is 11.2. The largest absolute Gasteiger partial charge is 0.379 e. The van der Waals surface area contributed by atoms with Gasteiger partial charge < -0.3 is 9.64 Å². The number of hydrogen-bond acceptors (Lipinski definition) is 3. The first-order valence-corrected chi connectivity index (χ1v) is 7.50. The van der Waals surface area contributed by atoms with Gasteiger partial charge in [-0.05, 0) is 19.3 Å². The molecule has 1 unspecified atom stereocenters. The minimum atomic E-state index is 0.563. The van der Waals surface area contributed by atoms with E-state index in [1.165, 1.54) is 32.1 Å². The summed E-state index contributed by atoms with van der Waals surface area (Å²) in [7, 11) is 0. The van der Waals surface area contributed by atoms with Crippen LogP contribution in [0.1, 0.15) is 32.1 Å². The average molecular weight is 251 g/mol. The predicted molar refractivity (Wildman–Crippen MR) is 72.1 cm³/mol. The standard InChI is InChI=1S/C14H25N3O/c15-14(12-3-1-2-4-12)17-6-5-13(11-17)16-7-9-18-10-8-16/h12-13,15H,1-11H2. The molecule has 4 nitrogen and oxygen atoms in total. The smallest absolute Gasteiger partial charge is 0.0990 e. The van der Waals surface area contributed by atoms with Crippen molar-refractivity contribution in [2.45, 2.75) is 38.1 Å². The van der Waals surface area contributed by atoms with Crippen molar-refractivity contribution >= 4 is 5.84 Å². The number of nitrogens with one attached hydrogen (secondary N) is 1. The highest BCUT2D eigenvalue weighted by Crippen LogP contribution is 2.28. The molecule has 0 aromatic rings. The number of rotatable bonds is 2. The normalized spacial score (nSPS) is 31.1. The molecule has 1 atom stereocenters. The van der Waals surface area contributed by atoms with Crippen molar-refractivity contribution in [3.8, 4) is 0 Å². The van der Waals surface area contributed by atoms with Gasteiger partial charge in [0.1, 0.15) is 0 Å². The number of likely N-dealkylation sites (tertiary alicyclic amines) is 1. The van der Waals surface area contributed by atoms with E-state index >= 15 is 0 Å². The van der Waals surface area contributed by atoms with Crippen molar-refractivity contribution in [1.29, 1.82) is 5.41 Å². The second-order valence-corrected chi connectivity index (χ2v) is 5.90. The molecule has 0 aromatic heterocycles. The molecule has 4 heteroatoms. The number of ether oxygens (including phenoxy) is 1. The number of hydrogen-bond donors (Lipinski definition) is 1. The van der Waals surface area contributed by atoms with Gasteiger partial charge in [-0.2, -0.15) is 0 Å². The van der Waals surface area contributed by atoms with Crippen molar-refractivity contribution in [2.75, 3.05) is 39.4 Å². The molecular weight excluding hydrogens is 226 g/mol. The van der Waals surface area contributed by atoms with Crippen LogP contribution < -0.4 is 0 Å². The second-order valence-electron chi connectivity index (χ2n) is 5.90. The lowest BCUT2D eigenvalue weighted by atomic mass is 10.1. The van der Waals surface area contributed by atoms with Gasteiger partial charge in [0.05, 0.1) is 19.0 Å². The number of amidine groups is 1. The van der Waals surface area contributed by atoms with E-state index in [2.05, 4.69) is 9.80 Å². The molecule has 0 bridgehead atoms. The van der Waals surface area contributed by atoms with Gasteiger partial charge >= 0.3 is 0 Å². The van der Waals surface area contributed by atoms with E-state index in [0.29, 0.717) is 12.0 Å². The van der Waals surface area contributed by atoms with E-state index in [4.69, 9.17) is 10.1 Å². The van der Waals surface area contributed by atoms with E-state index in [0.717, 1.165) is 45.2 Å². The average Bonchev–Trinajstić information content (AvgIpc) is 3.10. The summed E-state index contributed by atoms with van der Waals surface area (Å²) in [4.78, 5) is 4.90. The highest BCUT2D eigenvalue weighted by atomic mass is 16.5. The minimum absolute atomic E-state index is 0.563. The summed E-state index contributed by atoms with van der Waals surface area (Å²) in [6.07, 6.45) is 6.38. The van der Waals surface area contributed by atoms with Crippen LogP contribution >= 0.6 is 0 Å². The third kappa shape index (κ3) is 2.54. The Bertz CT molecular complexity index is 295. The second kappa shape index (κ2) is 5.57. The fraction of sp³-hybridized carbons (Fsp3) is 0.929. The predicted octanol–water partition coefficient (Wildman–Crippen LogP) is 1.56. The summed E-state index contributed by atoms with van der Waals surface area (Å²) in [5.74, 6) is 1.50. The van der Waals surface area contributed by atoms with Gasteiger partial charge in [0.25, 0.3) is 0 Å². The molecule has 18 heavy (non-hydrogen) atoms. The van der Waals surface area contributed by atoms with Gasteiger partial charge in [-0.15, -0.1) is 0 Å². The SMILES string of the molecule is N=C(C1CCCC1)N1CCC(N2CCOCC2)C1. The summed E-state index contributed by atoms with van der Waals surface area (Å²) in [6, 6.07) is 0.663. The van der Waals surface area contributed by atoms with E-state index in [1.807, 2.05) is 0 Å². The summed E-state index contributed by atoms with van der Waals surface area (Å²) < 4.78 is 5.42. The molecule has 1 N–H and O–H groups in total. The first-order valence-electron chi connectivity index (χ1n) is 7.50. The highest BCUT2D eigenvalue weighted by molar-refractivity contribution is 5.82. The number of nitrogens with zero attached hydrogens (tertiary/aromatic N) is 2. The Balaban J connectivity index is 1.52. The van der Waals surface area contributed by atoms with Crippen LogP contribution in [0.3, 0.4) is 0 Å². The first kappa shape index (κ1) is 12.4. The van der Waals surface area contributed by atoms with Gasteiger partial charge in [-0.3, -0.25) is 10.3 Å². The van der Waals surface area contributed by atoms with Crippen molar-refractivity contribution in [3.05, 3.63) is 0 Å². The van der Waals surface area contributed by atoms with Crippen LogP contribution in [0.5, 0.6) is 0 Å². The topological polar surface area (TPSA) is 39.6 Å². The molecule has 0 aromatic carbocycles. The molecule has 0 radical (unpaired) electrons. The van der Waals surface area contributed by atoms with Crippen LogP contribution in [0.15, 0.2) is 0 Å². The van der Waals surface area contributed by atoms with Gasteiger partial charge in [0.2, 0.25) is 0 Å². The third-order valence-electron chi connectivity index (χ3n) is 4.81. The molecule has 102 valence electrons. The van der Waals surface area contributed by atoms with Crippen LogP contribution in [0.2, 0.25) is 0 Å². The Kier molecular flexibility index (Phi) is 3.85. The molecule has 1 saturated carbocycles. The molecule has 2 heterocycles. The first-order chi connectivity index (χ1) is 8.84. The zero-order valence-electron chi connectivity index (χ0n) is 11.2. The van der Waals surface area contributed by atoms with Gasteiger partial charge in [0, 0.05) is 38.1 Å². The van der Waals surface area contributed by atoms with Gasteiger partial charge in [-0.25, -0.2) is 0 Å². The number of morpholine rings is 1. The molecule has 2 aliphatic heterocycles. The maximum atomic E-state index is 8.37. The molecule has 2 saturated heterocycles. The van der Waals surface area contributed by atoms with Crippen LogP contribution in [-0.2, 0) is 4.74 Å². The molecule has 3 rings (SSSR count). The Morgan fingerprint density at radius 1 is 1.00 bits per heavy atom. The van der Waals surface area contributed by atoms with Crippen molar-refractivity contribution in [3.63, 3.8) is 0 Å². The monoisotopic (exact) mass is 251 g/mol. The molecule has 1 aliphatic carbocycles. The van der Waals surface area contributed by atoms with E-state index < -0.39 is 0 Å². The highest BCUT2D eigenvalue weighted by Gasteiger charge is 2.32. The Hall–Kier alpha value is -0.610. The van der Waals surface area contributed by atoms with Crippen LogP contribution in [0, 0.1) is 11.3 Å². The third-order valence-corrected chi connectivity index (χ3v) is 4.81.